The normalized spacial score (nSPS) is 11.8. The van der Waals surface area contributed by atoms with E-state index in [2.05, 4.69) is 4.98 Å². The average Bonchev–Trinajstić information content (AvgIpc) is 3.22. The van der Waals surface area contributed by atoms with Crippen molar-refractivity contribution in [3.8, 4) is 11.6 Å². The molecule has 0 amide bonds. The molecule has 0 aliphatic heterocycles. The Morgan fingerprint density at radius 2 is 2.10 bits per heavy atom. The molecule has 0 fully saturated rings. The lowest BCUT2D eigenvalue weighted by molar-refractivity contribution is -0.667. The number of carbonyl (C=O) groups is 1. The third kappa shape index (κ3) is 4.21. The van der Waals surface area contributed by atoms with E-state index >= 15 is 0 Å². The fourth-order valence-corrected chi connectivity index (χ4v) is 4.05. The molecule has 0 radical (unpaired) electrons. The Hall–Kier alpha value is -3.11. The van der Waals surface area contributed by atoms with Crippen molar-refractivity contribution < 1.29 is 32.4 Å². The van der Waals surface area contributed by atoms with Gasteiger partial charge in [-0.15, -0.1) is 11.3 Å². The highest BCUT2D eigenvalue weighted by molar-refractivity contribution is 7.15. The van der Waals surface area contributed by atoms with Crippen molar-refractivity contribution in [2.45, 2.75) is 19.6 Å². The third-order valence-corrected chi connectivity index (χ3v) is 5.58. The van der Waals surface area contributed by atoms with Gasteiger partial charge in [-0.25, -0.2) is 9.78 Å². The Labute approximate surface area is 182 Å². The van der Waals surface area contributed by atoms with Gasteiger partial charge in [0.15, 0.2) is 4.47 Å². The first-order valence-electron chi connectivity index (χ1n) is 8.86. The molecule has 0 spiro atoms. The molecule has 4 rings (SSSR count). The fraction of sp³-hybridized carbons (Fsp3) is 0.150. The number of pyridine rings is 1. The second kappa shape index (κ2) is 7.86. The molecule has 3 aromatic heterocycles. The van der Waals surface area contributed by atoms with Gasteiger partial charge in [0.25, 0.3) is 5.65 Å². The summed E-state index contributed by atoms with van der Waals surface area (Å²) < 4.78 is 47.2. The first kappa shape index (κ1) is 21.1. The van der Waals surface area contributed by atoms with E-state index in [9.17, 15) is 23.1 Å². The van der Waals surface area contributed by atoms with Gasteiger partial charge in [-0.2, -0.15) is 22.1 Å². The molecule has 0 saturated carbocycles. The van der Waals surface area contributed by atoms with Gasteiger partial charge in [-0.1, -0.05) is 17.7 Å². The summed E-state index contributed by atoms with van der Waals surface area (Å²) >= 11 is 7.10. The molecule has 0 saturated heterocycles. The van der Waals surface area contributed by atoms with E-state index in [0.717, 1.165) is 28.6 Å². The van der Waals surface area contributed by atoms with Crippen LogP contribution in [0.15, 0.2) is 48.8 Å². The van der Waals surface area contributed by atoms with Gasteiger partial charge < -0.3 is 9.84 Å². The molecular formula is C20H14ClF3N3O3S+. The first-order valence-corrected chi connectivity index (χ1v) is 10.1. The highest BCUT2D eigenvalue weighted by atomic mass is 35.5. The van der Waals surface area contributed by atoms with Crippen molar-refractivity contribution in [3.63, 3.8) is 0 Å². The summed E-state index contributed by atoms with van der Waals surface area (Å²) in [7, 11) is 0. The fourth-order valence-electron chi connectivity index (χ4n) is 3.08. The average molecular weight is 469 g/mol. The first-order chi connectivity index (χ1) is 14.6. The zero-order valence-electron chi connectivity index (χ0n) is 15.9. The van der Waals surface area contributed by atoms with Crippen molar-refractivity contribution in [1.29, 1.82) is 0 Å². The number of nitrogens with zero attached hydrogens (tertiary/aromatic N) is 3. The monoisotopic (exact) mass is 468 g/mol. The van der Waals surface area contributed by atoms with Crippen LogP contribution in [-0.4, -0.2) is 20.5 Å². The topological polar surface area (TPSA) is 67.7 Å². The van der Waals surface area contributed by atoms with Crippen LogP contribution < -0.4 is 9.30 Å². The molecule has 0 atom stereocenters. The van der Waals surface area contributed by atoms with E-state index in [0.29, 0.717) is 10.1 Å². The molecule has 0 bridgehead atoms. The maximum absolute atomic E-state index is 12.9. The zero-order chi connectivity index (χ0) is 22.3. The van der Waals surface area contributed by atoms with Gasteiger partial charge in [-0.05, 0) is 36.8 Å². The van der Waals surface area contributed by atoms with Gasteiger partial charge in [0, 0.05) is 12.3 Å². The number of halogens is 4. The van der Waals surface area contributed by atoms with Crippen LogP contribution >= 0.6 is 22.9 Å². The van der Waals surface area contributed by atoms with Crippen LogP contribution in [0.25, 0.3) is 5.65 Å². The number of thiazole rings is 1. The second-order valence-electron chi connectivity index (χ2n) is 6.69. The molecule has 1 N–H and O–H groups in total. The number of rotatable bonds is 4. The Bertz CT molecular complexity index is 1300. The molecule has 31 heavy (non-hydrogen) atoms. The van der Waals surface area contributed by atoms with E-state index in [1.807, 2.05) is 6.92 Å². The SMILES string of the molecule is Cc1ccn2c(C(=O)Oc3cccc(C(F)(F)F)c3)c(O)[n+](Cc3cnc(Cl)s3)c2c1. The molecule has 3 heterocycles. The van der Waals surface area contributed by atoms with Crippen molar-refractivity contribution >= 4 is 34.6 Å². The minimum Gasteiger partial charge on any atom is -0.474 e. The van der Waals surface area contributed by atoms with E-state index in [4.69, 9.17) is 16.3 Å². The molecule has 6 nitrogen and oxygen atoms in total. The highest BCUT2D eigenvalue weighted by Crippen LogP contribution is 2.32. The lowest BCUT2D eigenvalue weighted by atomic mass is 10.2. The van der Waals surface area contributed by atoms with Crippen LogP contribution in [0.2, 0.25) is 4.47 Å². The number of aromatic hydroxyl groups is 1. The van der Waals surface area contributed by atoms with Crippen LogP contribution in [0.4, 0.5) is 13.2 Å². The van der Waals surface area contributed by atoms with E-state index < -0.39 is 23.6 Å². The number of aryl methyl sites for hydroxylation is 1. The van der Waals surface area contributed by atoms with Gasteiger partial charge >= 0.3 is 23.7 Å². The summed E-state index contributed by atoms with van der Waals surface area (Å²) in [6.07, 6.45) is -1.45. The number of benzene rings is 1. The summed E-state index contributed by atoms with van der Waals surface area (Å²) in [4.78, 5) is 17.5. The molecular weight excluding hydrogens is 455 g/mol. The number of carbonyl (C=O) groups excluding carboxylic acids is 1. The van der Waals surface area contributed by atoms with Gasteiger partial charge in [0.05, 0.1) is 16.6 Å². The van der Waals surface area contributed by atoms with Crippen LogP contribution in [0, 0.1) is 6.92 Å². The number of ether oxygens (including phenoxy) is 1. The minimum absolute atomic E-state index is 0.181. The lowest BCUT2D eigenvalue weighted by Gasteiger charge is -2.08. The molecule has 0 aliphatic rings. The summed E-state index contributed by atoms with van der Waals surface area (Å²) in [6, 6.07) is 7.45. The number of alkyl halides is 3. The van der Waals surface area contributed by atoms with Gasteiger partial charge in [0.2, 0.25) is 0 Å². The maximum atomic E-state index is 12.9. The molecule has 0 unspecified atom stereocenters. The molecule has 160 valence electrons. The Morgan fingerprint density at radius 1 is 1.32 bits per heavy atom. The quantitative estimate of drug-likeness (QED) is 0.269. The van der Waals surface area contributed by atoms with Crippen molar-refractivity contribution in [2.75, 3.05) is 0 Å². The van der Waals surface area contributed by atoms with Crippen LogP contribution in [-0.2, 0) is 12.7 Å². The summed E-state index contributed by atoms with van der Waals surface area (Å²) in [5.74, 6) is -1.69. The number of fused-ring (bicyclic) bond motifs is 1. The maximum Gasteiger partial charge on any atom is 0.416 e. The third-order valence-electron chi connectivity index (χ3n) is 4.48. The number of esters is 1. The van der Waals surface area contributed by atoms with Gasteiger partial charge in [0.1, 0.15) is 12.3 Å². The van der Waals surface area contributed by atoms with Crippen molar-refractivity contribution in [2.24, 2.45) is 0 Å². The molecule has 4 aromatic rings. The predicted octanol–water partition coefficient (Wildman–Crippen LogP) is 4.64. The van der Waals surface area contributed by atoms with E-state index in [-0.39, 0.29) is 18.0 Å². The Kier molecular flexibility index (Phi) is 5.36. The standard InChI is InChI=1S/C20H13ClF3N3O3S/c1-11-5-6-26-15(7-11)27(10-14-9-25-19(21)31-14)17(28)16(26)18(29)30-13-4-2-3-12(8-13)20(22,23)24/h2-9H,10H2,1H3/p+1. The van der Waals surface area contributed by atoms with Gasteiger partial charge in [-0.3, -0.25) is 0 Å². The van der Waals surface area contributed by atoms with E-state index in [1.165, 1.54) is 26.4 Å². The minimum atomic E-state index is -4.58. The zero-order valence-corrected chi connectivity index (χ0v) is 17.4. The van der Waals surface area contributed by atoms with Crippen molar-refractivity contribution in [1.82, 2.24) is 9.38 Å². The number of hydrogen-bond donors (Lipinski definition) is 1. The van der Waals surface area contributed by atoms with Crippen molar-refractivity contribution in [3.05, 3.63) is 75.0 Å². The molecule has 1 aromatic carbocycles. The summed E-state index contributed by atoms with van der Waals surface area (Å²) in [5, 5.41) is 10.8. The number of hydrogen-bond acceptors (Lipinski definition) is 5. The van der Waals surface area contributed by atoms with E-state index in [1.54, 1.807) is 24.5 Å². The highest BCUT2D eigenvalue weighted by Gasteiger charge is 2.34. The van der Waals surface area contributed by atoms with Crippen LogP contribution in [0.5, 0.6) is 11.6 Å². The lowest BCUT2D eigenvalue weighted by Crippen LogP contribution is -2.33. The van der Waals surface area contributed by atoms with Crippen LogP contribution in [0.3, 0.4) is 0 Å². The smallest absolute Gasteiger partial charge is 0.416 e. The molecule has 11 heteroatoms. The Balaban J connectivity index is 1.75. The number of aromatic nitrogens is 3. The number of imidazole rings is 1. The summed E-state index contributed by atoms with van der Waals surface area (Å²) in [5.41, 5.74) is 0.190. The Morgan fingerprint density at radius 3 is 2.77 bits per heavy atom. The molecule has 0 aliphatic carbocycles. The predicted molar refractivity (Wildman–Crippen MR) is 107 cm³/mol. The largest absolute Gasteiger partial charge is 0.474 e. The second-order valence-corrected chi connectivity index (χ2v) is 8.38. The van der Waals surface area contributed by atoms with Crippen LogP contribution in [0.1, 0.15) is 26.5 Å². The summed E-state index contributed by atoms with van der Waals surface area (Å²) in [6.45, 7) is 2.03.